The molecule has 4 heteroatoms. The predicted octanol–water partition coefficient (Wildman–Crippen LogP) is 2.24. The summed E-state index contributed by atoms with van der Waals surface area (Å²) in [5.41, 5.74) is 7.28. The summed E-state index contributed by atoms with van der Waals surface area (Å²) in [7, 11) is 1.89. The zero-order valence-electron chi connectivity index (χ0n) is 11.1. The number of anilines is 1. The third-order valence-corrected chi connectivity index (χ3v) is 3.70. The maximum Gasteiger partial charge on any atom is 0.254 e. The third-order valence-electron chi connectivity index (χ3n) is 3.70. The van der Waals surface area contributed by atoms with Crippen molar-refractivity contribution in [3.8, 4) is 0 Å². The molecule has 0 unspecified atom stereocenters. The third kappa shape index (κ3) is 2.63. The van der Waals surface area contributed by atoms with Gasteiger partial charge < -0.3 is 10.6 Å². The van der Waals surface area contributed by atoms with Gasteiger partial charge in [0, 0.05) is 24.3 Å². The Morgan fingerprint density at radius 1 is 1.44 bits per heavy atom. The summed E-state index contributed by atoms with van der Waals surface area (Å²) in [4.78, 5) is 18.5. The first kappa shape index (κ1) is 12.9. The van der Waals surface area contributed by atoms with E-state index >= 15 is 0 Å². The SMILES string of the molecule is CCc1cc(C(=O)N(C)C2CCCC2)cc(N)n1. The van der Waals surface area contributed by atoms with E-state index < -0.39 is 0 Å². The molecule has 0 aliphatic heterocycles. The molecule has 1 heterocycles. The van der Waals surface area contributed by atoms with E-state index in [2.05, 4.69) is 4.98 Å². The number of hydrogen-bond donors (Lipinski definition) is 1. The molecule has 1 fully saturated rings. The van der Waals surface area contributed by atoms with Crippen molar-refractivity contribution in [1.82, 2.24) is 9.88 Å². The van der Waals surface area contributed by atoms with Gasteiger partial charge in [0.05, 0.1) is 0 Å². The van der Waals surface area contributed by atoms with Crippen LogP contribution in [0.5, 0.6) is 0 Å². The second-order valence-corrected chi connectivity index (χ2v) is 4.98. The van der Waals surface area contributed by atoms with Crippen LogP contribution in [0.25, 0.3) is 0 Å². The lowest BCUT2D eigenvalue weighted by atomic mass is 10.1. The first-order valence-corrected chi connectivity index (χ1v) is 6.65. The van der Waals surface area contributed by atoms with Crippen LogP contribution in [-0.4, -0.2) is 28.9 Å². The number of rotatable bonds is 3. The van der Waals surface area contributed by atoms with Crippen molar-refractivity contribution in [2.75, 3.05) is 12.8 Å². The van der Waals surface area contributed by atoms with Crippen LogP contribution in [0.3, 0.4) is 0 Å². The van der Waals surface area contributed by atoms with Crippen LogP contribution in [0.1, 0.15) is 48.7 Å². The van der Waals surface area contributed by atoms with Gasteiger partial charge in [-0.05, 0) is 31.4 Å². The maximum atomic E-state index is 12.4. The molecule has 0 spiro atoms. The summed E-state index contributed by atoms with van der Waals surface area (Å²) in [5, 5.41) is 0. The summed E-state index contributed by atoms with van der Waals surface area (Å²) in [5.74, 6) is 0.489. The van der Waals surface area contributed by atoms with Crippen molar-refractivity contribution in [3.05, 3.63) is 23.4 Å². The standard InChI is InChI=1S/C14H21N3O/c1-3-11-8-10(9-13(15)16-11)14(18)17(2)12-6-4-5-7-12/h8-9,12H,3-7H2,1-2H3,(H2,15,16). The molecule has 4 nitrogen and oxygen atoms in total. The highest BCUT2D eigenvalue weighted by Gasteiger charge is 2.24. The van der Waals surface area contributed by atoms with Crippen LogP contribution in [-0.2, 0) is 6.42 Å². The van der Waals surface area contributed by atoms with Gasteiger partial charge in [-0.15, -0.1) is 0 Å². The number of carbonyl (C=O) groups excluding carboxylic acids is 1. The number of hydrogen-bond acceptors (Lipinski definition) is 3. The predicted molar refractivity (Wildman–Crippen MR) is 72.4 cm³/mol. The fraction of sp³-hybridized carbons (Fsp3) is 0.571. The number of nitrogen functional groups attached to an aromatic ring is 1. The van der Waals surface area contributed by atoms with E-state index in [1.54, 1.807) is 6.07 Å². The molecule has 0 atom stereocenters. The highest BCUT2D eigenvalue weighted by atomic mass is 16.2. The smallest absolute Gasteiger partial charge is 0.254 e. The Bertz CT molecular complexity index is 439. The molecular formula is C14H21N3O. The highest BCUT2D eigenvalue weighted by molar-refractivity contribution is 5.95. The van der Waals surface area contributed by atoms with Gasteiger partial charge in [0.1, 0.15) is 5.82 Å². The molecule has 0 aromatic carbocycles. The van der Waals surface area contributed by atoms with Crippen LogP contribution in [0.4, 0.5) is 5.82 Å². The zero-order valence-corrected chi connectivity index (χ0v) is 11.1. The van der Waals surface area contributed by atoms with Crippen LogP contribution in [0.2, 0.25) is 0 Å². The lowest BCUT2D eigenvalue weighted by Gasteiger charge is -2.24. The number of carbonyl (C=O) groups is 1. The second kappa shape index (κ2) is 5.38. The Morgan fingerprint density at radius 3 is 2.72 bits per heavy atom. The molecule has 1 aliphatic rings. The van der Waals surface area contributed by atoms with Gasteiger partial charge in [-0.25, -0.2) is 4.98 Å². The molecular weight excluding hydrogens is 226 g/mol. The number of nitrogens with two attached hydrogens (primary N) is 1. The fourth-order valence-electron chi connectivity index (χ4n) is 2.58. The molecule has 98 valence electrons. The van der Waals surface area contributed by atoms with Gasteiger partial charge in [0.2, 0.25) is 0 Å². The topological polar surface area (TPSA) is 59.2 Å². The van der Waals surface area contributed by atoms with Gasteiger partial charge >= 0.3 is 0 Å². The molecule has 0 bridgehead atoms. The van der Waals surface area contributed by atoms with Crippen molar-refractivity contribution in [1.29, 1.82) is 0 Å². The number of pyridine rings is 1. The molecule has 1 aromatic rings. The van der Waals surface area contributed by atoms with E-state index in [0.29, 0.717) is 17.4 Å². The zero-order chi connectivity index (χ0) is 13.1. The number of nitrogens with zero attached hydrogens (tertiary/aromatic N) is 2. The lowest BCUT2D eigenvalue weighted by Crippen LogP contribution is -2.35. The largest absolute Gasteiger partial charge is 0.384 e. The van der Waals surface area contributed by atoms with E-state index in [-0.39, 0.29) is 5.91 Å². The van der Waals surface area contributed by atoms with E-state index in [1.807, 2.05) is 24.9 Å². The summed E-state index contributed by atoms with van der Waals surface area (Å²) >= 11 is 0. The van der Waals surface area contributed by atoms with Gasteiger partial charge in [0.25, 0.3) is 5.91 Å². The van der Waals surface area contributed by atoms with Crippen molar-refractivity contribution in [2.24, 2.45) is 0 Å². The summed E-state index contributed by atoms with van der Waals surface area (Å²) < 4.78 is 0. The molecule has 1 aliphatic carbocycles. The van der Waals surface area contributed by atoms with Crippen molar-refractivity contribution in [3.63, 3.8) is 0 Å². The average molecular weight is 247 g/mol. The normalized spacial score (nSPS) is 15.9. The Labute approximate surface area is 108 Å². The van der Waals surface area contributed by atoms with Gasteiger partial charge in [-0.1, -0.05) is 19.8 Å². The van der Waals surface area contributed by atoms with Gasteiger partial charge in [-0.2, -0.15) is 0 Å². The minimum atomic E-state index is 0.0608. The monoisotopic (exact) mass is 247 g/mol. The Balaban J connectivity index is 2.19. The van der Waals surface area contributed by atoms with E-state index in [1.165, 1.54) is 12.8 Å². The highest BCUT2D eigenvalue weighted by Crippen LogP contribution is 2.24. The minimum Gasteiger partial charge on any atom is -0.384 e. The summed E-state index contributed by atoms with van der Waals surface area (Å²) in [6.07, 6.45) is 5.47. The number of aromatic nitrogens is 1. The first-order chi connectivity index (χ1) is 8.61. The number of aryl methyl sites for hydroxylation is 1. The maximum absolute atomic E-state index is 12.4. The van der Waals surface area contributed by atoms with Crippen LogP contribution >= 0.6 is 0 Å². The minimum absolute atomic E-state index is 0.0608. The molecule has 2 N–H and O–H groups in total. The number of amides is 1. The fourth-order valence-corrected chi connectivity index (χ4v) is 2.58. The lowest BCUT2D eigenvalue weighted by molar-refractivity contribution is 0.0735. The molecule has 2 rings (SSSR count). The quantitative estimate of drug-likeness (QED) is 0.891. The van der Waals surface area contributed by atoms with E-state index in [4.69, 9.17) is 5.73 Å². The Kier molecular flexibility index (Phi) is 3.84. The van der Waals surface area contributed by atoms with Gasteiger partial charge in [-0.3, -0.25) is 4.79 Å². The van der Waals surface area contributed by atoms with E-state index in [9.17, 15) is 4.79 Å². The Hall–Kier alpha value is -1.58. The first-order valence-electron chi connectivity index (χ1n) is 6.65. The summed E-state index contributed by atoms with van der Waals surface area (Å²) in [6.45, 7) is 2.01. The molecule has 0 saturated heterocycles. The van der Waals surface area contributed by atoms with Crippen LogP contribution in [0.15, 0.2) is 12.1 Å². The molecule has 0 radical (unpaired) electrons. The van der Waals surface area contributed by atoms with Crippen LogP contribution < -0.4 is 5.73 Å². The van der Waals surface area contributed by atoms with Crippen LogP contribution in [0, 0.1) is 0 Å². The molecule has 1 amide bonds. The molecule has 1 aromatic heterocycles. The average Bonchev–Trinajstić information content (AvgIpc) is 2.90. The molecule has 18 heavy (non-hydrogen) atoms. The van der Waals surface area contributed by atoms with Crippen molar-refractivity contribution in [2.45, 2.75) is 45.1 Å². The van der Waals surface area contributed by atoms with Gasteiger partial charge in [0.15, 0.2) is 0 Å². The van der Waals surface area contributed by atoms with Crippen molar-refractivity contribution < 1.29 is 4.79 Å². The molecule has 1 saturated carbocycles. The second-order valence-electron chi connectivity index (χ2n) is 4.98. The van der Waals surface area contributed by atoms with E-state index in [0.717, 1.165) is 25.0 Å². The Morgan fingerprint density at radius 2 is 2.11 bits per heavy atom. The van der Waals surface area contributed by atoms with Crippen molar-refractivity contribution >= 4 is 11.7 Å². The summed E-state index contributed by atoms with van der Waals surface area (Å²) in [6, 6.07) is 3.91.